The molecule has 0 aromatic heterocycles. The van der Waals surface area contributed by atoms with Gasteiger partial charge in [-0.1, -0.05) is 12.1 Å². The molecule has 0 aliphatic heterocycles. The van der Waals surface area contributed by atoms with Crippen LogP contribution in [-0.2, 0) is 6.18 Å². The van der Waals surface area contributed by atoms with Crippen molar-refractivity contribution in [1.82, 2.24) is 5.43 Å². The van der Waals surface area contributed by atoms with Crippen molar-refractivity contribution < 1.29 is 22.4 Å². The Bertz CT molecular complexity index is 680. The fraction of sp³-hybridized carbons (Fsp3) is 0.0714. The number of alkyl halides is 3. The summed E-state index contributed by atoms with van der Waals surface area (Å²) in [6, 6.07) is 7.92. The van der Waals surface area contributed by atoms with Crippen molar-refractivity contribution in [3.8, 4) is 0 Å². The predicted molar refractivity (Wildman–Crippen MR) is 73.3 cm³/mol. The van der Waals surface area contributed by atoms with Gasteiger partial charge in [-0.05, 0) is 30.3 Å². The molecule has 2 rings (SSSR count). The number of carbonyl (C=O) groups is 1. The van der Waals surface area contributed by atoms with Gasteiger partial charge in [0, 0.05) is 5.69 Å². The Hall–Kier alpha value is -2.77. The number of nitrogens with one attached hydrogen (secondary N) is 2. The summed E-state index contributed by atoms with van der Waals surface area (Å²) in [5, 5.41) is 0. The second-order valence-corrected chi connectivity index (χ2v) is 4.36. The van der Waals surface area contributed by atoms with Crippen LogP contribution in [0.1, 0.15) is 15.9 Å². The fourth-order valence-electron chi connectivity index (χ4n) is 1.75. The monoisotopic (exact) mass is 313 g/mol. The number of benzene rings is 2. The maximum Gasteiger partial charge on any atom is 0.416 e. The molecule has 0 radical (unpaired) electrons. The summed E-state index contributed by atoms with van der Waals surface area (Å²) in [6.45, 7) is 0. The quantitative estimate of drug-likeness (QED) is 0.463. The smallest absolute Gasteiger partial charge is 0.398 e. The van der Waals surface area contributed by atoms with Gasteiger partial charge < -0.3 is 5.73 Å². The van der Waals surface area contributed by atoms with Gasteiger partial charge in [-0.15, -0.1) is 0 Å². The fourth-order valence-corrected chi connectivity index (χ4v) is 1.75. The van der Waals surface area contributed by atoms with Crippen molar-refractivity contribution in [1.29, 1.82) is 0 Å². The minimum Gasteiger partial charge on any atom is -0.398 e. The molecule has 2 aromatic carbocycles. The Morgan fingerprint density at radius 2 is 1.77 bits per heavy atom. The largest absolute Gasteiger partial charge is 0.416 e. The number of hydrogen-bond donors (Lipinski definition) is 3. The third kappa shape index (κ3) is 3.46. The molecule has 0 spiro atoms. The zero-order valence-corrected chi connectivity index (χ0v) is 11.0. The molecule has 0 fully saturated rings. The molecule has 0 bridgehead atoms. The van der Waals surface area contributed by atoms with Crippen LogP contribution in [0.4, 0.5) is 28.9 Å². The predicted octanol–water partition coefficient (Wildman–Crippen LogP) is 3.18. The van der Waals surface area contributed by atoms with Gasteiger partial charge in [-0.25, -0.2) is 4.39 Å². The second kappa shape index (κ2) is 5.92. The number of hydrogen-bond acceptors (Lipinski definition) is 3. The molecule has 4 N–H and O–H groups in total. The molecule has 0 aliphatic carbocycles. The highest BCUT2D eigenvalue weighted by atomic mass is 19.4. The normalized spacial score (nSPS) is 11.1. The molecule has 0 unspecified atom stereocenters. The summed E-state index contributed by atoms with van der Waals surface area (Å²) in [4.78, 5) is 11.8. The standard InChI is InChI=1S/C14H11F4N3O/c15-10-5-2-6-11(19)12(10)13(22)21-20-9-4-1-3-8(7-9)14(16,17)18/h1-7,20H,19H2,(H,21,22). The molecule has 1 amide bonds. The van der Waals surface area contributed by atoms with Crippen LogP contribution in [0.15, 0.2) is 42.5 Å². The number of carbonyl (C=O) groups excluding carboxylic acids is 1. The van der Waals surface area contributed by atoms with Gasteiger partial charge in [0.1, 0.15) is 5.82 Å². The van der Waals surface area contributed by atoms with Crippen LogP contribution in [0.5, 0.6) is 0 Å². The van der Waals surface area contributed by atoms with E-state index in [1.54, 1.807) is 0 Å². The van der Waals surface area contributed by atoms with Gasteiger partial charge >= 0.3 is 6.18 Å². The molecular weight excluding hydrogens is 302 g/mol. The highest BCUT2D eigenvalue weighted by Gasteiger charge is 2.30. The van der Waals surface area contributed by atoms with Crippen molar-refractivity contribution >= 4 is 17.3 Å². The van der Waals surface area contributed by atoms with Crippen LogP contribution < -0.4 is 16.6 Å². The number of amides is 1. The van der Waals surface area contributed by atoms with E-state index in [2.05, 4.69) is 10.9 Å². The Balaban J connectivity index is 2.12. The number of nitrogens with two attached hydrogens (primary N) is 1. The first-order valence-electron chi connectivity index (χ1n) is 6.06. The Labute approximate surface area is 122 Å². The molecule has 22 heavy (non-hydrogen) atoms. The number of hydrazine groups is 1. The van der Waals surface area contributed by atoms with E-state index < -0.39 is 23.5 Å². The lowest BCUT2D eigenvalue weighted by Gasteiger charge is -2.12. The van der Waals surface area contributed by atoms with Crippen LogP contribution >= 0.6 is 0 Å². The van der Waals surface area contributed by atoms with E-state index in [1.165, 1.54) is 24.3 Å². The lowest BCUT2D eigenvalue weighted by molar-refractivity contribution is -0.137. The van der Waals surface area contributed by atoms with Crippen molar-refractivity contribution in [3.63, 3.8) is 0 Å². The van der Waals surface area contributed by atoms with Crippen LogP contribution in [0.3, 0.4) is 0 Å². The summed E-state index contributed by atoms with van der Waals surface area (Å²) >= 11 is 0. The minimum absolute atomic E-state index is 0.00177. The maximum absolute atomic E-state index is 13.5. The van der Waals surface area contributed by atoms with Gasteiger partial charge in [0.05, 0.1) is 16.8 Å². The van der Waals surface area contributed by atoms with E-state index in [4.69, 9.17) is 5.73 Å². The lowest BCUT2D eigenvalue weighted by Crippen LogP contribution is -2.30. The van der Waals surface area contributed by atoms with E-state index in [1.807, 2.05) is 0 Å². The Morgan fingerprint density at radius 1 is 1.09 bits per heavy atom. The first kappa shape index (κ1) is 15.6. The maximum atomic E-state index is 13.5. The molecule has 0 aliphatic rings. The Kier molecular flexibility index (Phi) is 4.20. The summed E-state index contributed by atoms with van der Waals surface area (Å²) in [6.07, 6.45) is -4.50. The average Bonchev–Trinajstić information content (AvgIpc) is 2.44. The zero-order chi connectivity index (χ0) is 16.3. The summed E-state index contributed by atoms with van der Waals surface area (Å²) in [5.74, 6) is -1.73. The summed E-state index contributed by atoms with van der Waals surface area (Å²) in [5.41, 5.74) is 8.54. The SMILES string of the molecule is Nc1cccc(F)c1C(=O)NNc1cccc(C(F)(F)F)c1. The highest BCUT2D eigenvalue weighted by molar-refractivity contribution is 5.99. The minimum atomic E-state index is -4.50. The molecule has 0 atom stereocenters. The van der Waals surface area contributed by atoms with E-state index in [-0.39, 0.29) is 16.9 Å². The third-order valence-electron chi connectivity index (χ3n) is 2.78. The van der Waals surface area contributed by atoms with Gasteiger partial charge in [0.15, 0.2) is 0 Å². The average molecular weight is 313 g/mol. The summed E-state index contributed by atoms with van der Waals surface area (Å²) in [7, 11) is 0. The first-order chi connectivity index (χ1) is 10.3. The van der Waals surface area contributed by atoms with Gasteiger partial charge in [-0.3, -0.25) is 15.6 Å². The third-order valence-corrected chi connectivity index (χ3v) is 2.78. The number of anilines is 2. The Morgan fingerprint density at radius 3 is 2.41 bits per heavy atom. The molecule has 8 heteroatoms. The number of nitrogen functional groups attached to an aromatic ring is 1. The molecule has 0 heterocycles. The highest BCUT2D eigenvalue weighted by Crippen LogP contribution is 2.30. The zero-order valence-electron chi connectivity index (χ0n) is 11.0. The van der Waals surface area contributed by atoms with Crippen molar-refractivity contribution in [3.05, 3.63) is 59.4 Å². The topological polar surface area (TPSA) is 67.2 Å². The number of rotatable bonds is 3. The first-order valence-corrected chi connectivity index (χ1v) is 6.06. The number of halogens is 4. The molecule has 116 valence electrons. The molecule has 0 saturated carbocycles. The van der Waals surface area contributed by atoms with Crippen LogP contribution in [0, 0.1) is 5.82 Å². The summed E-state index contributed by atoms with van der Waals surface area (Å²) < 4.78 is 51.2. The molecular formula is C14H11F4N3O. The van der Waals surface area contributed by atoms with E-state index >= 15 is 0 Å². The van der Waals surface area contributed by atoms with Crippen LogP contribution in [0.2, 0.25) is 0 Å². The molecule has 0 saturated heterocycles. The van der Waals surface area contributed by atoms with E-state index in [0.717, 1.165) is 18.2 Å². The van der Waals surface area contributed by atoms with Gasteiger partial charge in [0.25, 0.3) is 5.91 Å². The lowest BCUT2D eigenvalue weighted by atomic mass is 10.1. The van der Waals surface area contributed by atoms with E-state index in [0.29, 0.717) is 0 Å². The van der Waals surface area contributed by atoms with Crippen molar-refractivity contribution in [2.45, 2.75) is 6.18 Å². The molecule has 2 aromatic rings. The van der Waals surface area contributed by atoms with E-state index in [9.17, 15) is 22.4 Å². The van der Waals surface area contributed by atoms with Crippen molar-refractivity contribution in [2.24, 2.45) is 0 Å². The van der Waals surface area contributed by atoms with Gasteiger partial charge in [-0.2, -0.15) is 13.2 Å². The van der Waals surface area contributed by atoms with Crippen LogP contribution in [0.25, 0.3) is 0 Å². The van der Waals surface area contributed by atoms with Gasteiger partial charge in [0.2, 0.25) is 0 Å². The van der Waals surface area contributed by atoms with Crippen LogP contribution in [-0.4, -0.2) is 5.91 Å². The second-order valence-electron chi connectivity index (χ2n) is 4.36. The van der Waals surface area contributed by atoms with Crippen molar-refractivity contribution in [2.75, 3.05) is 11.2 Å². The molecule has 4 nitrogen and oxygen atoms in total.